The first-order valence-electron chi connectivity index (χ1n) is 10.5. The van der Waals surface area contributed by atoms with Crippen molar-refractivity contribution in [2.24, 2.45) is 5.73 Å². The molecular weight excluding hydrogens is 481 g/mol. The van der Waals surface area contributed by atoms with Gasteiger partial charge in [-0.2, -0.15) is 13.2 Å². The van der Waals surface area contributed by atoms with E-state index >= 15 is 0 Å². The molecule has 4 rings (SSSR count). The predicted molar refractivity (Wildman–Crippen MR) is 111 cm³/mol. The molecule has 3 aromatic rings. The first-order chi connectivity index (χ1) is 16.4. The van der Waals surface area contributed by atoms with E-state index in [1.165, 1.54) is 17.0 Å². The minimum atomic E-state index is -4.76. The molecule has 0 aliphatic carbocycles. The van der Waals surface area contributed by atoms with Gasteiger partial charge >= 0.3 is 6.18 Å². The van der Waals surface area contributed by atoms with Crippen LogP contribution in [0.5, 0.6) is 0 Å². The highest BCUT2D eigenvalue weighted by molar-refractivity contribution is 5.77. The number of aromatic nitrogens is 2. The van der Waals surface area contributed by atoms with E-state index in [2.05, 4.69) is 4.98 Å². The van der Waals surface area contributed by atoms with Crippen LogP contribution >= 0.6 is 0 Å². The highest BCUT2D eigenvalue weighted by atomic mass is 19.4. The van der Waals surface area contributed by atoms with Crippen LogP contribution in [0.2, 0.25) is 0 Å². The van der Waals surface area contributed by atoms with Gasteiger partial charge in [0.2, 0.25) is 11.7 Å². The summed E-state index contributed by atoms with van der Waals surface area (Å²) in [5.74, 6) is -5.94. The fourth-order valence-corrected chi connectivity index (χ4v) is 4.09. The van der Waals surface area contributed by atoms with E-state index in [-0.39, 0.29) is 55.0 Å². The maximum atomic E-state index is 13.9. The second-order valence-electron chi connectivity index (χ2n) is 8.23. The molecule has 186 valence electrons. The number of imidazole rings is 1. The Morgan fingerprint density at radius 3 is 2.43 bits per heavy atom. The van der Waals surface area contributed by atoms with Gasteiger partial charge in [-0.1, -0.05) is 12.1 Å². The first-order valence-corrected chi connectivity index (χ1v) is 10.5. The van der Waals surface area contributed by atoms with Gasteiger partial charge in [0.25, 0.3) is 0 Å². The number of halogens is 7. The molecule has 1 aliphatic rings. The number of nitrogens with two attached hydrogens (primary N) is 1. The molecule has 2 N–H and O–H groups in total. The van der Waals surface area contributed by atoms with Crippen molar-refractivity contribution < 1.29 is 35.5 Å². The lowest BCUT2D eigenvalue weighted by molar-refractivity contribution is -0.148. The van der Waals surface area contributed by atoms with Gasteiger partial charge in [-0.25, -0.2) is 22.5 Å². The Morgan fingerprint density at radius 2 is 1.74 bits per heavy atom. The molecule has 0 saturated heterocycles. The van der Waals surface area contributed by atoms with Gasteiger partial charge < -0.3 is 15.2 Å². The van der Waals surface area contributed by atoms with Crippen molar-refractivity contribution in [2.45, 2.75) is 38.1 Å². The lowest BCUT2D eigenvalue weighted by Gasteiger charge is -2.30. The highest BCUT2D eigenvalue weighted by Gasteiger charge is 2.40. The molecule has 0 radical (unpaired) electrons. The Morgan fingerprint density at radius 1 is 1.03 bits per heavy atom. The molecule has 35 heavy (non-hydrogen) atoms. The van der Waals surface area contributed by atoms with Crippen LogP contribution in [0.1, 0.15) is 23.5 Å². The highest BCUT2D eigenvalue weighted by Crippen LogP contribution is 2.36. The lowest BCUT2D eigenvalue weighted by atomic mass is 10.0. The molecule has 0 fully saturated rings. The second kappa shape index (κ2) is 9.33. The van der Waals surface area contributed by atoms with Crippen molar-refractivity contribution in [3.63, 3.8) is 0 Å². The van der Waals surface area contributed by atoms with Crippen LogP contribution in [0.3, 0.4) is 0 Å². The Kier molecular flexibility index (Phi) is 6.58. The minimum Gasteiger partial charge on any atom is -0.335 e. The largest absolute Gasteiger partial charge is 0.449 e. The number of alkyl halides is 3. The second-order valence-corrected chi connectivity index (χ2v) is 8.23. The maximum absolute atomic E-state index is 13.9. The summed E-state index contributed by atoms with van der Waals surface area (Å²) in [6, 6.07) is 5.04. The minimum absolute atomic E-state index is 0.0693. The summed E-state index contributed by atoms with van der Waals surface area (Å²) in [5, 5.41) is 0. The number of benzene rings is 2. The summed E-state index contributed by atoms with van der Waals surface area (Å²) in [5.41, 5.74) is 5.84. The van der Waals surface area contributed by atoms with Crippen molar-refractivity contribution in [2.75, 3.05) is 6.54 Å². The van der Waals surface area contributed by atoms with Crippen LogP contribution in [0.15, 0.2) is 36.4 Å². The van der Waals surface area contributed by atoms with Gasteiger partial charge in [0.1, 0.15) is 11.6 Å². The van der Waals surface area contributed by atoms with Crippen LogP contribution in [0, 0.1) is 23.3 Å². The fraction of sp³-hybridized carbons (Fsp3) is 0.304. The number of amides is 1. The summed E-state index contributed by atoms with van der Waals surface area (Å²) in [6.07, 6.45) is -5.33. The molecule has 1 amide bonds. The zero-order valence-electron chi connectivity index (χ0n) is 18.0. The normalized spacial score (nSPS) is 14.7. The third-order valence-corrected chi connectivity index (χ3v) is 5.72. The summed E-state index contributed by atoms with van der Waals surface area (Å²) >= 11 is 0. The van der Waals surface area contributed by atoms with Gasteiger partial charge in [-0.3, -0.25) is 4.79 Å². The standard InChI is InChI=1S/C23H19F7N4O/c24-14-3-1-2-12(6-14)21-19-11-33(4-5-34(19)22(32-21)23(28,29)30)20(35)9-15(31)7-13-8-17(26)18(27)10-16(13)25/h1-3,6,8,10,15H,4-5,7,9,11,31H2/t15-/m1/s1. The molecule has 0 bridgehead atoms. The Hall–Kier alpha value is -3.41. The average molecular weight is 500 g/mol. The number of rotatable bonds is 5. The van der Waals surface area contributed by atoms with Crippen molar-refractivity contribution >= 4 is 5.91 Å². The van der Waals surface area contributed by atoms with Gasteiger partial charge in [0, 0.05) is 37.2 Å². The molecule has 12 heteroatoms. The Bertz CT molecular complexity index is 1270. The quantitative estimate of drug-likeness (QED) is 0.417. The molecule has 2 aromatic carbocycles. The van der Waals surface area contributed by atoms with Crippen molar-refractivity contribution in [1.82, 2.24) is 14.5 Å². The van der Waals surface area contributed by atoms with Crippen molar-refractivity contribution in [3.05, 3.63) is 76.7 Å². The number of hydrogen-bond acceptors (Lipinski definition) is 3. The van der Waals surface area contributed by atoms with E-state index < -0.39 is 47.2 Å². The average Bonchev–Trinajstić information content (AvgIpc) is 3.17. The van der Waals surface area contributed by atoms with Gasteiger partial charge in [-0.15, -0.1) is 0 Å². The van der Waals surface area contributed by atoms with E-state index in [0.29, 0.717) is 12.1 Å². The van der Waals surface area contributed by atoms with Crippen LogP contribution in [-0.4, -0.2) is 32.9 Å². The van der Waals surface area contributed by atoms with Gasteiger partial charge in [-0.05, 0) is 30.2 Å². The molecule has 5 nitrogen and oxygen atoms in total. The van der Waals surface area contributed by atoms with Gasteiger partial charge in [0.05, 0.1) is 17.9 Å². The third-order valence-electron chi connectivity index (χ3n) is 5.72. The molecule has 1 atom stereocenters. The van der Waals surface area contributed by atoms with Crippen LogP contribution in [0.4, 0.5) is 30.7 Å². The van der Waals surface area contributed by atoms with Crippen molar-refractivity contribution in [1.29, 1.82) is 0 Å². The maximum Gasteiger partial charge on any atom is 0.449 e. The first kappa shape index (κ1) is 24.7. The Labute approximate surface area is 195 Å². The molecule has 2 heterocycles. The molecule has 1 aromatic heterocycles. The van der Waals surface area contributed by atoms with Crippen LogP contribution in [-0.2, 0) is 30.5 Å². The number of fused-ring (bicyclic) bond motifs is 1. The molecule has 0 spiro atoms. The van der Waals surface area contributed by atoms with E-state index in [9.17, 15) is 35.5 Å². The number of carbonyl (C=O) groups excluding carboxylic acids is 1. The SMILES string of the molecule is N[C@@H](CC(=O)N1CCn2c(C(F)(F)F)nc(-c3cccc(F)c3)c2C1)Cc1cc(F)c(F)cc1F. The predicted octanol–water partition coefficient (Wildman–Crippen LogP) is 4.43. The Balaban J connectivity index is 1.55. The summed E-state index contributed by atoms with van der Waals surface area (Å²) < 4.78 is 95.8. The number of nitrogens with zero attached hydrogens (tertiary/aromatic N) is 3. The van der Waals surface area contributed by atoms with E-state index in [0.717, 1.165) is 16.7 Å². The molecule has 1 aliphatic heterocycles. The molecule has 0 saturated carbocycles. The summed E-state index contributed by atoms with van der Waals surface area (Å²) in [4.78, 5) is 17.8. The van der Waals surface area contributed by atoms with Crippen LogP contribution < -0.4 is 5.73 Å². The number of carbonyl (C=O) groups is 1. The number of hydrogen-bond donors (Lipinski definition) is 1. The molecule has 0 unspecified atom stereocenters. The topological polar surface area (TPSA) is 64.2 Å². The summed E-state index contributed by atoms with van der Waals surface area (Å²) in [6.45, 7) is -0.509. The van der Waals surface area contributed by atoms with Crippen molar-refractivity contribution in [3.8, 4) is 11.3 Å². The third kappa shape index (κ3) is 5.16. The van der Waals surface area contributed by atoms with Crippen LogP contribution in [0.25, 0.3) is 11.3 Å². The lowest BCUT2D eigenvalue weighted by Crippen LogP contribution is -2.42. The van der Waals surface area contributed by atoms with E-state index in [1.807, 2.05) is 0 Å². The fourth-order valence-electron chi connectivity index (χ4n) is 4.09. The zero-order chi connectivity index (χ0) is 25.5. The monoisotopic (exact) mass is 500 g/mol. The smallest absolute Gasteiger partial charge is 0.335 e. The van der Waals surface area contributed by atoms with E-state index in [4.69, 9.17) is 5.73 Å². The van der Waals surface area contributed by atoms with E-state index in [1.54, 1.807) is 0 Å². The summed E-state index contributed by atoms with van der Waals surface area (Å²) in [7, 11) is 0. The zero-order valence-corrected chi connectivity index (χ0v) is 18.0. The molecular formula is C23H19F7N4O. The van der Waals surface area contributed by atoms with Gasteiger partial charge in [0.15, 0.2) is 11.6 Å².